The zero-order chi connectivity index (χ0) is 21.0. The molecule has 0 aliphatic heterocycles. The molecule has 5 nitrogen and oxygen atoms in total. The summed E-state index contributed by atoms with van der Waals surface area (Å²) in [5.41, 5.74) is 6.15. The topological polar surface area (TPSA) is 59.9 Å². The van der Waals surface area contributed by atoms with Crippen LogP contribution in [-0.4, -0.2) is 25.8 Å². The molecule has 0 unspecified atom stereocenters. The second-order valence-corrected chi connectivity index (χ2v) is 8.40. The molecule has 0 heterocycles. The molecule has 5 heteroatoms. The van der Waals surface area contributed by atoms with Gasteiger partial charge >= 0.3 is 0 Å². The molecular formula is C24H30N2O3. The first-order chi connectivity index (χ1) is 13.8. The molecule has 0 saturated heterocycles. The molecule has 1 aliphatic rings. The molecule has 2 aromatic rings. The van der Waals surface area contributed by atoms with Crippen molar-refractivity contribution in [2.75, 3.05) is 13.7 Å². The van der Waals surface area contributed by atoms with Crippen molar-refractivity contribution in [3.8, 4) is 11.5 Å². The summed E-state index contributed by atoms with van der Waals surface area (Å²) in [5, 5.41) is 4.11. The standard InChI is InChI=1S/C24H30N2O3/c1-6-29-21-12-7-16(13-22(21)28-5)15-25-26-23(27)20-14-19(20)17-8-10-18(11-9-17)24(2,3)4/h7-13,15,19-20H,6,14H2,1-5H3,(H,26,27)/b25-15+/t19-,20+/m1/s1. The van der Waals surface area contributed by atoms with Crippen LogP contribution >= 0.6 is 0 Å². The number of carbonyl (C=O) groups excluding carboxylic acids is 1. The molecule has 2 atom stereocenters. The van der Waals surface area contributed by atoms with E-state index in [1.807, 2.05) is 25.1 Å². The maximum absolute atomic E-state index is 12.4. The molecule has 0 radical (unpaired) electrons. The smallest absolute Gasteiger partial charge is 0.243 e. The number of methoxy groups -OCH3 is 1. The first kappa shape index (κ1) is 20.9. The van der Waals surface area contributed by atoms with E-state index in [2.05, 4.69) is 55.6 Å². The molecule has 1 amide bonds. The second-order valence-electron chi connectivity index (χ2n) is 8.40. The van der Waals surface area contributed by atoms with Crippen LogP contribution in [0.25, 0.3) is 0 Å². The van der Waals surface area contributed by atoms with Crippen molar-refractivity contribution in [3.63, 3.8) is 0 Å². The van der Waals surface area contributed by atoms with Crippen LogP contribution < -0.4 is 14.9 Å². The fourth-order valence-electron chi connectivity index (χ4n) is 3.38. The van der Waals surface area contributed by atoms with E-state index < -0.39 is 0 Å². The number of hydrazone groups is 1. The van der Waals surface area contributed by atoms with Crippen molar-refractivity contribution in [1.82, 2.24) is 5.43 Å². The predicted molar refractivity (Wildman–Crippen MR) is 116 cm³/mol. The van der Waals surface area contributed by atoms with E-state index in [-0.39, 0.29) is 23.2 Å². The van der Waals surface area contributed by atoms with Crippen LogP contribution in [0.15, 0.2) is 47.6 Å². The van der Waals surface area contributed by atoms with Gasteiger partial charge in [0.1, 0.15) is 0 Å². The van der Waals surface area contributed by atoms with Crippen molar-refractivity contribution in [2.24, 2.45) is 11.0 Å². The van der Waals surface area contributed by atoms with Gasteiger partial charge in [0.2, 0.25) is 5.91 Å². The fourth-order valence-corrected chi connectivity index (χ4v) is 3.38. The van der Waals surface area contributed by atoms with Gasteiger partial charge in [0.25, 0.3) is 0 Å². The molecule has 29 heavy (non-hydrogen) atoms. The second kappa shape index (κ2) is 8.68. The van der Waals surface area contributed by atoms with Gasteiger partial charge in [-0.1, -0.05) is 45.0 Å². The first-order valence-electron chi connectivity index (χ1n) is 10.1. The molecule has 1 fully saturated rings. The maximum Gasteiger partial charge on any atom is 0.243 e. The summed E-state index contributed by atoms with van der Waals surface area (Å²) in [5.74, 6) is 1.56. The summed E-state index contributed by atoms with van der Waals surface area (Å²) in [4.78, 5) is 12.4. The Bertz CT molecular complexity index is 882. The Hall–Kier alpha value is -2.82. The third kappa shape index (κ3) is 5.17. The van der Waals surface area contributed by atoms with Crippen LogP contribution in [0.5, 0.6) is 11.5 Å². The quantitative estimate of drug-likeness (QED) is 0.549. The Morgan fingerprint density at radius 3 is 2.52 bits per heavy atom. The minimum Gasteiger partial charge on any atom is -0.493 e. The van der Waals surface area contributed by atoms with Gasteiger partial charge in [0.05, 0.1) is 19.9 Å². The molecule has 154 valence electrons. The van der Waals surface area contributed by atoms with Gasteiger partial charge < -0.3 is 9.47 Å². The Balaban J connectivity index is 1.55. The lowest BCUT2D eigenvalue weighted by atomic mass is 9.86. The van der Waals surface area contributed by atoms with Gasteiger partial charge in [-0.15, -0.1) is 0 Å². The number of nitrogens with one attached hydrogen (secondary N) is 1. The number of rotatable bonds is 7. The average Bonchev–Trinajstić information content (AvgIpc) is 3.49. The average molecular weight is 395 g/mol. The molecule has 1 saturated carbocycles. The Kier molecular flexibility index (Phi) is 6.26. The highest BCUT2D eigenvalue weighted by molar-refractivity contribution is 5.86. The number of benzene rings is 2. The summed E-state index contributed by atoms with van der Waals surface area (Å²) in [7, 11) is 1.60. The number of hydrogen-bond donors (Lipinski definition) is 1. The number of hydrogen-bond acceptors (Lipinski definition) is 4. The molecule has 0 bridgehead atoms. The van der Waals surface area contributed by atoms with Crippen molar-refractivity contribution in [1.29, 1.82) is 0 Å². The molecular weight excluding hydrogens is 364 g/mol. The Labute approximate surface area is 173 Å². The summed E-state index contributed by atoms with van der Waals surface area (Å²) in [6.45, 7) is 9.10. The maximum atomic E-state index is 12.4. The molecule has 0 spiro atoms. The third-order valence-electron chi connectivity index (χ3n) is 5.21. The van der Waals surface area contributed by atoms with Crippen molar-refractivity contribution in [2.45, 2.75) is 45.4 Å². The van der Waals surface area contributed by atoms with Crippen LogP contribution in [0.4, 0.5) is 0 Å². The highest BCUT2D eigenvalue weighted by atomic mass is 16.5. The number of amides is 1. The van der Waals surface area contributed by atoms with E-state index in [0.29, 0.717) is 18.1 Å². The molecule has 1 N–H and O–H groups in total. The van der Waals surface area contributed by atoms with E-state index in [9.17, 15) is 4.79 Å². The minimum absolute atomic E-state index is 0.0116. The summed E-state index contributed by atoms with van der Waals surface area (Å²) in [6, 6.07) is 14.2. The Morgan fingerprint density at radius 2 is 1.90 bits per heavy atom. The van der Waals surface area contributed by atoms with E-state index in [0.717, 1.165) is 12.0 Å². The fraction of sp³-hybridized carbons (Fsp3) is 0.417. The highest BCUT2D eigenvalue weighted by Crippen LogP contribution is 2.47. The largest absolute Gasteiger partial charge is 0.493 e. The van der Waals surface area contributed by atoms with Gasteiger partial charge in [-0.3, -0.25) is 4.79 Å². The van der Waals surface area contributed by atoms with Gasteiger partial charge in [-0.05, 0) is 59.6 Å². The summed E-state index contributed by atoms with van der Waals surface area (Å²) < 4.78 is 10.8. The first-order valence-corrected chi connectivity index (χ1v) is 10.1. The van der Waals surface area contributed by atoms with Gasteiger partial charge in [0.15, 0.2) is 11.5 Å². The SMILES string of the molecule is CCOc1ccc(/C=N/NC(=O)[C@H]2C[C@@H]2c2ccc(C(C)(C)C)cc2)cc1OC. The van der Waals surface area contributed by atoms with Crippen LogP contribution in [0.1, 0.15) is 56.7 Å². The number of ether oxygens (including phenoxy) is 2. The van der Waals surface area contributed by atoms with E-state index in [1.54, 1.807) is 13.3 Å². The lowest BCUT2D eigenvalue weighted by molar-refractivity contribution is -0.122. The van der Waals surface area contributed by atoms with Gasteiger partial charge in [0, 0.05) is 5.92 Å². The lowest BCUT2D eigenvalue weighted by Crippen LogP contribution is -2.20. The van der Waals surface area contributed by atoms with Gasteiger partial charge in [-0.25, -0.2) is 5.43 Å². The molecule has 1 aliphatic carbocycles. The van der Waals surface area contributed by atoms with Crippen LogP contribution in [0.2, 0.25) is 0 Å². The number of carbonyl (C=O) groups is 1. The van der Waals surface area contributed by atoms with Crippen LogP contribution in [0, 0.1) is 5.92 Å². The zero-order valence-electron chi connectivity index (χ0n) is 17.9. The van der Waals surface area contributed by atoms with E-state index in [1.165, 1.54) is 11.1 Å². The van der Waals surface area contributed by atoms with Crippen LogP contribution in [0.3, 0.4) is 0 Å². The van der Waals surface area contributed by atoms with Crippen molar-refractivity contribution >= 4 is 12.1 Å². The molecule has 2 aromatic carbocycles. The summed E-state index contributed by atoms with van der Waals surface area (Å²) >= 11 is 0. The molecule has 0 aromatic heterocycles. The van der Waals surface area contributed by atoms with E-state index >= 15 is 0 Å². The monoisotopic (exact) mass is 394 g/mol. The van der Waals surface area contributed by atoms with Gasteiger partial charge in [-0.2, -0.15) is 5.10 Å². The lowest BCUT2D eigenvalue weighted by Gasteiger charge is -2.19. The Morgan fingerprint density at radius 1 is 1.17 bits per heavy atom. The predicted octanol–water partition coefficient (Wildman–Crippen LogP) is 4.65. The van der Waals surface area contributed by atoms with Crippen LogP contribution in [-0.2, 0) is 10.2 Å². The normalized spacial score (nSPS) is 18.5. The zero-order valence-corrected chi connectivity index (χ0v) is 17.9. The van der Waals surface area contributed by atoms with Crippen molar-refractivity contribution < 1.29 is 14.3 Å². The molecule has 3 rings (SSSR count). The number of nitrogens with zero attached hydrogens (tertiary/aromatic N) is 1. The minimum atomic E-state index is -0.0379. The van der Waals surface area contributed by atoms with Crippen molar-refractivity contribution in [3.05, 3.63) is 59.2 Å². The highest BCUT2D eigenvalue weighted by Gasteiger charge is 2.44. The summed E-state index contributed by atoms with van der Waals surface area (Å²) in [6.07, 6.45) is 2.48. The third-order valence-corrected chi connectivity index (χ3v) is 5.21. The van der Waals surface area contributed by atoms with E-state index in [4.69, 9.17) is 9.47 Å².